The zero-order valence-electron chi connectivity index (χ0n) is 20.9. The molecule has 4 aliphatic carbocycles. The maximum Gasteiger partial charge on any atom is 0.396 e. The van der Waals surface area contributed by atoms with Crippen molar-refractivity contribution in [3.63, 3.8) is 0 Å². The van der Waals surface area contributed by atoms with E-state index >= 15 is 0 Å². The first kappa shape index (κ1) is 27.5. The van der Waals surface area contributed by atoms with Crippen LogP contribution in [0, 0.1) is 55.3 Å². The van der Waals surface area contributed by atoms with E-state index in [1.54, 1.807) is 0 Å². The molecule has 1 aromatic carbocycles. The number of aromatic hydroxyl groups is 1. The Morgan fingerprint density at radius 1 is 0.919 bits per heavy atom. The van der Waals surface area contributed by atoms with E-state index in [-0.39, 0.29) is 36.0 Å². The molecule has 4 saturated carbocycles. The second-order valence-electron chi connectivity index (χ2n) is 11.7. The molecule has 4 bridgehead atoms. The molecule has 1 heterocycles. The van der Waals surface area contributed by atoms with Gasteiger partial charge in [-0.2, -0.15) is 17.6 Å². The van der Waals surface area contributed by atoms with Crippen molar-refractivity contribution in [3.05, 3.63) is 23.3 Å². The minimum absolute atomic E-state index is 0.0473. The summed E-state index contributed by atoms with van der Waals surface area (Å²) in [5.74, 6) is -4.29. The van der Waals surface area contributed by atoms with Crippen molar-refractivity contribution in [2.24, 2.45) is 41.4 Å². The first-order valence-corrected chi connectivity index (χ1v) is 16.0. The van der Waals surface area contributed by atoms with Gasteiger partial charge in [0.05, 0.1) is 6.10 Å². The molecule has 11 heteroatoms. The van der Waals surface area contributed by atoms with Crippen molar-refractivity contribution in [1.82, 2.24) is 0 Å². The number of halogens is 4. The molecule has 8 unspecified atom stereocenters. The number of aliphatic hydroxyl groups excluding tert-OH is 1. The van der Waals surface area contributed by atoms with Crippen LogP contribution in [0.5, 0.6) is 5.75 Å². The first-order valence-electron chi connectivity index (χ1n) is 13.0. The second kappa shape index (κ2) is 9.27. The van der Waals surface area contributed by atoms with E-state index in [1.807, 2.05) is 13.8 Å². The van der Waals surface area contributed by atoms with Crippen molar-refractivity contribution in [1.29, 1.82) is 0 Å². The average Bonchev–Trinajstić information content (AvgIpc) is 3.61. The van der Waals surface area contributed by atoms with Crippen LogP contribution < -0.4 is 0 Å². The van der Waals surface area contributed by atoms with Gasteiger partial charge in [-0.05, 0) is 111 Å². The summed E-state index contributed by atoms with van der Waals surface area (Å²) < 4.78 is 87.6. The van der Waals surface area contributed by atoms with Crippen LogP contribution in [0.15, 0.2) is 17.0 Å². The van der Waals surface area contributed by atoms with Crippen molar-refractivity contribution in [2.45, 2.75) is 74.5 Å². The Hall–Kier alpha value is -1.04. The van der Waals surface area contributed by atoms with Gasteiger partial charge >= 0.3 is 11.2 Å². The molecule has 208 valence electrons. The number of phenols is 1. The maximum absolute atomic E-state index is 14.3. The SMILES string of the molecule is Cc1cc([S+]2CCCC2)cc(C)c1O.O=S(=O)([O-])C(F)(F)C(F)(F)C1CC2CC1C1C3CC(O)C(C3)C21. The van der Waals surface area contributed by atoms with E-state index < -0.39 is 39.2 Å². The fourth-order valence-electron chi connectivity index (χ4n) is 8.34. The molecule has 5 aliphatic rings. The van der Waals surface area contributed by atoms with Gasteiger partial charge < -0.3 is 14.8 Å². The number of aliphatic hydroxyl groups is 1. The van der Waals surface area contributed by atoms with Gasteiger partial charge in [-0.3, -0.25) is 0 Å². The molecule has 37 heavy (non-hydrogen) atoms. The van der Waals surface area contributed by atoms with Crippen LogP contribution in [0.1, 0.15) is 49.7 Å². The van der Waals surface area contributed by atoms with Crippen molar-refractivity contribution < 1.29 is 40.7 Å². The number of benzene rings is 1. The highest BCUT2D eigenvalue weighted by Crippen LogP contribution is 2.71. The van der Waals surface area contributed by atoms with Gasteiger partial charge in [0, 0.05) is 16.8 Å². The van der Waals surface area contributed by atoms with E-state index in [9.17, 15) is 40.7 Å². The summed E-state index contributed by atoms with van der Waals surface area (Å²) in [6.45, 7) is 3.98. The standard InChI is InChI=1S/C14H18F4O4S.C12H16OS/c15-13(16,14(17,18)23(20,21)22)9-3-5-1-7(9)11-6-2-8(12(5)11)10(19)4-6;1-9-7-11(8-10(2)12(9)13)14-5-3-4-6-14/h5-12,19H,1-4H2,(H,20,21,22);7-8H,3-6H2,1-2H3. The van der Waals surface area contributed by atoms with Crippen LogP contribution in [0.4, 0.5) is 17.6 Å². The number of hydrogen-bond donors (Lipinski definition) is 2. The van der Waals surface area contributed by atoms with Gasteiger partial charge in [-0.15, -0.1) is 0 Å². The summed E-state index contributed by atoms with van der Waals surface area (Å²) in [5, 5.41) is 14.1. The van der Waals surface area contributed by atoms with E-state index in [0.717, 1.165) is 17.5 Å². The monoisotopic (exact) mass is 566 g/mol. The third-order valence-electron chi connectivity index (χ3n) is 9.78. The average molecular weight is 567 g/mol. The van der Waals surface area contributed by atoms with Crippen molar-refractivity contribution in [3.8, 4) is 5.75 Å². The number of phenolic OH excluding ortho intramolecular Hbond substituents is 1. The summed E-state index contributed by atoms with van der Waals surface area (Å²) in [7, 11) is -5.96. The third-order valence-corrected chi connectivity index (χ3v) is 13.1. The minimum Gasteiger partial charge on any atom is -0.743 e. The highest BCUT2D eigenvalue weighted by molar-refractivity contribution is 7.97. The quantitative estimate of drug-likeness (QED) is 0.236. The van der Waals surface area contributed by atoms with Crippen molar-refractivity contribution in [2.75, 3.05) is 11.5 Å². The summed E-state index contributed by atoms with van der Waals surface area (Å²) in [6, 6.07) is 4.33. The lowest BCUT2D eigenvalue weighted by atomic mass is 9.65. The van der Waals surface area contributed by atoms with Gasteiger partial charge in [0.2, 0.25) is 0 Å². The van der Waals surface area contributed by atoms with Crippen LogP contribution in [0.3, 0.4) is 0 Å². The second-order valence-corrected chi connectivity index (χ2v) is 15.4. The van der Waals surface area contributed by atoms with Gasteiger partial charge in [0.25, 0.3) is 0 Å². The summed E-state index contributed by atoms with van der Waals surface area (Å²) in [6.07, 6.45) is 3.72. The molecular formula is C26H34F4O5S2. The Labute approximate surface area is 218 Å². The predicted molar refractivity (Wildman–Crippen MR) is 131 cm³/mol. The largest absolute Gasteiger partial charge is 0.743 e. The molecule has 0 aromatic heterocycles. The molecular weight excluding hydrogens is 532 g/mol. The molecule has 0 spiro atoms. The summed E-state index contributed by atoms with van der Waals surface area (Å²) in [4.78, 5) is 1.45. The van der Waals surface area contributed by atoms with Crippen LogP contribution in [-0.4, -0.2) is 52.0 Å². The number of alkyl halides is 4. The molecule has 0 amide bonds. The topological polar surface area (TPSA) is 97.7 Å². The van der Waals surface area contributed by atoms with Crippen LogP contribution in [-0.2, 0) is 21.0 Å². The van der Waals surface area contributed by atoms with Crippen molar-refractivity contribution >= 4 is 21.0 Å². The van der Waals surface area contributed by atoms with Gasteiger partial charge in [0.15, 0.2) is 15.0 Å². The number of hydrogen-bond acceptors (Lipinski definition) is 5. The van der Waals surface area contributed by atoms with Crippen LogP contribution >= 0.6 is 0 Å². The number of fused-ring (bicyclic) bond motifs is 9. The first-order chi connectivity index (χ1) is 17.1. The van der Waals surface area contributed by atoms with E-state index in [0.29, 0.717) is 29.5 Å². The Balaban J connectivity index is 0.000000171. The Morgan fingerprint density at radius 3 is 2.00 bits per heavy atom. The zero-order chi connectivity index (χ0) is 27.1. The van der Waals surface area contributed by atoms with Gasteiger partial charge in [-0.25, -0.2) is 8.42 Å². The molecule has 1 aromatic rings. The Kier molecular flexibility index (Phi) is 6.89. The maximum atomic E-state index is 14.3. The fourth-order valence-corrected chi connectivity index (χ4v) is 11.3. The predicted octanol–water partition coefficient (Wildman–Crippen LogP) is 4.83. The minimum atomic E-state index is -6.43. The van der Waals surface area contributed by atoms with Crippen LogP contribution in [0.2, 0.25) is 0 Å². The normalized spacial score (nSPS) is 37.1. The smallest absolute Gasteiger partial charge is 0.396 e. The molecule has 1 aliphatic heterocycles. The summed E-state index contributed by atoms with van der Waals surface area (Å²) in [5.41, 5.74) is 2.05. The lowest BCUT2D eigenvalue weighted by molar-refractivity contribution is -0.210. The molecule has 6 rings (SSSR count). The lowest BCUT2D eigenvalue weighted by Gasteiger charge is -2.44. The van der Waals surface area contributed by atoms with Gasteiger partial charge in [0.1, 0.15) is 17.3 Å². The molecule has 1 saturated heterocycles. The van der Waals surface area contributed by atoms with Gasteiger partial charge in [-0.1, -0.05) is 0 Å². The number of aryl methyl sites for hydroxylation is 2. The summed E-state index contributed by atoms with van der Waals surface area (Å²) >= 11 is 0. The molecule has 2 N–H and O–H groups in total. The highest BCUT2D eigenvalue weighted by atomic mass is 32.2. The Bertz CT molecular complexity index is 1130. The van der Waals surface area contributed by atoms with E-state index in [1.165, 1.54) is 29.2 Å². The Morgan fingerprint density at radius 2 is 1.43 bits per heavy atom. The zero-order valence-corrected chi connectivity index (χ0v) is 22.5. The van der Waals surface area contributed by atoms with Crippen LogP contribution in [0.25, 0.3) is 0 Å². The highest BCUT2D eigenvalue weighted by Gasteiger charge is 2.74. The number of rotatable bonds is 4. The molecule has 0 radical (unpaired) electrons. The molecule has 8 atom stereocenters. The molecule has 5 fully saturated rings. The third kappa shape index (κ3) is 4.30. The fraction of sp³-hybridized carbons (Fsp3) is 0.769. The van der Waals surface area contributed by atoms with E-state index in [2.05, 4.69) is 12.1 Å². The van der Waals surface area contributed by atoms with E-state index in [4.69, 9.17) is 0 Å². The molecule has 5 nitrogen and oxygen atoms in total. The lowest BCUT2D eigenvalue weighted by Crippen LogP contribution is -2.54.